The first kappa shape index (κ1) is 18.0. The summed E-state index contributed by atoms with van der Waals surface area (Å²) in [6.07, 6.45) is 4.37. The molecular formula is C21H23N7O3S. The number of anilines is 4. The fraction of sp³-hybridized carbons (Fsp3) is 0.286. The Morgan fingerprint density at radius 3 is 2.72 bits per heavy atom. The van der Waals surface area contributed by atoms with Crippen molar-refractivity contribution in [2.75, 3.05) is 17.6 Å². The van der Waals surface area contributed by atoms with Crippen LogP contribution in [0.3, 0.4) is 0 Å². The predicted molar refractivity (Wildman–Crippen MR) is 121 cm³/mol. The van der Waals surface area contributed by atoms with Crippen molar-refractivity contribution in [1.82, 2.24) is 25.5 Å². The first-order chi connectivity index (χ1) is 16.5. The Bertz CT molecular complexity index is 1360. The van der Waals surface area contributed by atoms with Crippen LogP contribution in [0.2, 0.25) is 0 Å². The molecular weight excluding hydrogens is 430 g/mol. The van der Waals surface area contributed by atoms with Gasteiger partial charge in [0.2, 0.25) is 0 Å². The highest BCUT2D eigenvalue weighted by Gasteiger charge is 2.36. The maximum atomic E-state index is 12.6. The molecule has 0 aromatic carbocycles. The van der Waals surface area contributed by atoms with Gasteiger partial charge < -0.3 is 16.0 Å². The number of amides is 1. The van der Waals surface area contributed by atoms with Crippen molar-refractivity contribution in [2.45, 2.75) is 30.8 Å². The number of hydrogen-bond acceptors (Lipinski definition) is 9. The maximum Gasteiger partial charge on any atom is 0.273 e. The quantitative estimate of drug-likeness (QED) is 0.466. The second kappa shape index (κ2) is 8.87. The van der Waals surface area contributed by atoms with E-state index >= 15 is 0 Å². The van der Waals surface area contributed by atoms with Gasteiger partial charge in [0.25, 0.3) is 5.91 Å². The number of nitrogens with one attached hydrogen (secondary N) is 3. The smallest absolute Gasteiger partial charge is 0.273 e. The number of carbonyl (C=O) groups is 1. The van der Waals surface area contributed by atoms with Gasteiger partial charge in [-0.3, -0.25) is 4.79 Å². The van der Waals surface area contributed by atoms with Crippen molar-refractivity contribution in [1.29, 1.82) is 0 Å². The van der Waals surface area contributed by atoms with Crippen molar-refractivity contribution < 1.29 is 17.3 Å². The van der Waals surface area contributed by atoms with Crippen LogP contribution in [0.5, 0.6) is 0 Å². The number of carbonyl (C=O) groups excluding carboxylic acids is 1. The molecule has 10 nitrogen and oxygen atoms in total. The molecule has 1 amide bonds. The molecule has 1 aliphatic rings. The van der Waals surface area contributed by atoms with E-state index in [1.54, 1.807) is 24.4 Å². The van der Waals surface area contributed by atoms with E-state index in [1.807, 2.05) is 18.3 Å². The first-order valence-electron chi connectivity index (χ1n) is 11.3. The average molecular weight is 457 g/mol. The lowest BCUT2D eigenvalue weighted by Crippen LogP contribution is -2.22. The molecule has 3 aromatic rings. The molecule has 32 heavy (non-hydrogen) atoms. The Kier molecular flexibility index (Phi) is 4.99. The summed E-state index contributed by atoms with van der Waals surface area (Å²) in [4.78, 5) is 21.1. The van der Waals surface area contributed by atoms with E-state index in [4.69, 9.17) is 4.11 Å². The van der Waals surface area contributed by atoms with E-state index in [0.717, 1.165) is 5.56 Å². The van der Waals surface area contributed by atoms with E-state index in [-0.39, 0.29) is 34.0 Å². The number of aryl methyl sites for hydroxylation is 1. The van der Waals surface area contributed by atoms with Gasteiger partial charge in [-0.2, -0.15) is 0 Å². The molecule has 1 fully saturated rings. The highest BCUT2D eigenvalue weighted by atomic mass is 32.2. The number of nitrogens with zero attached hydrogens (tertiary/aromatic N) is 4. The van der Waals surface area contributed by atoms with Crippen LogP contribution in [0.25, 0.3) is 0 Å². The van der Waals surface area contributed by atoms with E-state index in [0.29, 0.717) is 24.2 Å². The fourth-order valence-electron chi connectivity index (χ4n) is 3.07. The van der Waals surface area contributed by atoms with Gasteiger partial charge in [0, 0.05) is 35.1 Å². The topological polar surface area (TPSA) is 139 Å². The lowest BCUT2D eigenvalue weighted by atomic mass is 10.2. The molecule has 4 rings (SSSR count). The summed E-state index contributed by atoms with van der Waals surface area (Å²) >= 11 is 0. The lowest BCUT2D eigenvalue weighted by molar-refractivity contribution is 0.0958. The van der Waals surface area contributed by atoms with Gasteiger partial charge >= 0.3 is 0 Å². The minimum atomic E-state index is -3.34. The Hall–Kier alpha value is -3.60. The van der Waals surface area contributed by atoms with Gasteiger partial charge in [-0.25, -0.2) is 18.4 Å². The number of hydrogen-bond donors (Lipinski definition) is 3. The summed E-state index contributed by atoms with van der Waals surface area (Å²) < 4.78 is 47.1. The monoisotopic (exact) mass is 456 g/mol. The Morgan fingerprint density at radius 1 is 1.12 bits per heavy atom. The molecule has 166 valence electrons. The van der Waals surface area contributed by atoms with Gasteiger partial charge in [-0.1, -0.05) is 6.07 Å². The maximum absolute atomic E-state index is 12.6. The summed E-state index contributed by atoms with van der Waals surface area (Å²) in [6.45, 7) is -0.848. The normalized spacial score (nSPS) is 15.2. The Morgan fingerprint density at radius 2 is 1.97 bits per heavy atom. The van der Waals surface area contributed by atoms with Crippen LogP contribution < -0.4 is 16.0 Å². The van der Waals surface area contributed by atoms with E-state index in [2.05, 4.69) is 30.8 Å². The van der Waals surface area contributed by atoms with Crippen LogP contribution in [-0.4, -0.2) is 46.7 Å². The summed E-state index contributed by atoms with van der Waals surface area (Å²) in [5.74, 6) is -0.296. The van der Waals surface area contributed by atoms with Crippen LogP contribution in [0.4, 0.5) is 23.1 Å². The van der Waals surface area contributed by atoms with Crippen molar-refractivity contribution in [3.63, 3.8) is 0 Å². The Balaban J connectivity index is 1.69. The molecule has 3 N–H and O–H groups in total. The zero-order chi connectivity index (χ0) is 25.2. The van der Waals surface area contributed by atoms with Gasteiger partial charge in [-0.15, -0.1) is 10.2 Å². The second-order valence-electron chi connectivity index (χ2n) is 7.43. The number of aromatic nitrogens is 4. The predicted octanol–water partition coefficient (Wildman–Crippen LogP) is 2.50. The van der Waals surface area contributed by atoms with E-state index in [1.165, 1.54) is 12.3 Å². The van der Waals surface area contributed by atoms with Crippen molar-refractivity contribution in [2.24, 2.45) is 0 Å². The third-order valence-corrected chi connectivity index (χ3v) is 7.03. The third-order valence-electron chi connectivity index (χ3n) is 4.83. The number of sulfone groups is 1. The zero-order valence-corrected chi connectivity index (χ0v) is 18.0. The second-order valence-corrected chi connectivity index (χ2v) is 9.71. The van der Waals surface area contributed by atoms with Crippen molar-refractivity contribution in [3.05, 3.63) is 59.5 Å². The fourth-order valence-corrected chi connectivity index (χ4v) is 4.82. The van der Waals surface area contributed by atoms with Gasteiger partial charge in [0.15, 0.2) is 21.3 Å². The molecule has 0 atom stereocenters. The minimum Gasteiger partial charge on any atom is -0.354 e. The average Bonchev–Trinajstić information content (AvgIpc) is 3.60. The summed E-state index contributed by atoms with van der Waals surface area (Å²) in [7, 11) is -3.34. The molecule has 0 unspecified atom stereocenters. The van der Waals surface area contributed by atoms with Crippen LogP contribution in [0.1, 0.15) is 38.6 Å². The molecule has 0 saturated heterocycles. The molecule has 3 aromatic heterocycles. The SMILES string of the molecule is [2H]C([2H])([2H])NC(=O)c1nnc(Nc2cc(C)ccn2)cc1Nc1ncccc1CS(=O)(=O)C1CC1. The minimum absolute atomic E-state index is 0.0840. The van der Waals surface area contributed by atoms with Gasteiger partial charge in [0.05, 0.1) is 16.7 Å². The largest absolute Gasteiger partial charge is 0.354 e. The van der Waals surface area contributed by atoms with Gasteiger partial charge in [-0.05, 0) is 43.5 Å². The molecule has 0 spiro atoms. The van der Waals surface area contributed by atoms with Crippen molar-refractivity contribution >= 4 is 38.9 Å². The summed E-state index contributed by atoms with van der Waals surface area (Å²) in [5, 5.41) is 15.3. The van der Waals surface area contributed by atoms with E-state index in [9.17, 15) is 13.2 Å². The van der Waals surface area contributed by atoms with Crippen LogP contribution in [-0.2, 0) is 15.6 Å². The van der Waals surface area contributed by atoms with E-state index < -0.39 is 22.7 Å². The molecule has 11 heteroatoms. The van der Waals surface area contributed by atoms with Crippen molar-refractivity contribution in [3.8, 4) is 0 Å². The molecule has 3 heterocycles. The number of pyridine rings is 2. The molecule has 0 bridgehead atoms. The standard InChI is InChI=1S/C21H23N7O3S/c1-13-7-9-23-17(10-13)26-18-11-16(19(28-27-18)21(29)22-2)25-20-14(4-3-8-24-20)12-32(30,31)15-5-6-15/h3-4,7-11,15H,5-6,12H2,1-2H3,(H,22,29)(H2,23,24,25,26,27)/i2D3. The summed E-state index contributed by atoms with van der Waals surface area (Å²) in [6, 6.07) is 8.29. The van der Waals surface area contributed by atoms with Crippen LogP contribution >= 0.6 is 0 Å². The molecule has 0 aliphatic heterocycles. The molecule has 1 aliphatic carbocycles. The summed E-state index contributed by atoms with van der Waals surface area (Å²) in [5.41, 5.74) is 1.15. The van der Waals surface area contributed by atoms with Crippen LogP contribution in [0.15, 0.2) is 42.7 Å². The number of rotatable bonds is 8. The zero-order valence-electron chi connectivity index (χ0n) is 20.2. The third kappa shape index (κ3) is 4.99. The molecule has 1 saturated carbocycles. The van der Waals surface area contributed by atoms with Gasteiger partial charge in [0.1, 0.15) is 11.6 Å². The lowest BCUT2D eigenvalue weighted by Gasteiger charge is -2.14. The first-order valence-corrected chi connectivity index (χ1v) is 11.5. The molecule has 0 radical (unpaired) electrons. The highest BCUT2D eigenvalue weighted by molar-refractivity contribution is 7.91. The Labute approximate surface area is 190 Å². The highest BCUT2D eigenvalue weighted by Crippen LogP contribution is 2.32. The van der Waals surface area contributed by atoms with Crippen LogP contribution in [0, 0.1) is 6.92 Å².